The van der Waals surface area contributed by atoms with E-state index in [1.165, 1.54) is 22.3 Å². The summed E-state index contributed by atoms with van der Waals surface area (Å²) in [5, 5.41) is 1.36. The normalized spacial score (nSPS) is 11.5. The molecule has 2 aromatic carbocycles. The smallest absolute Gasteiger partial charge is 0.0408 e. The minimum atomic E-state index is 0.536. The van der Waals surface area contributed by atoms with Gasteiger partial charge in [0.1, 0.15) is 0 Å². The molecule has 0 N–H and O–H groups in total. The van der Waals surface area contributed by atoms with E-state index in [1.807, 2.05) is 31.7 Å². The van der Waals surface area contributed by atoms with Crippen molar-refractivity contribution in [2.45, 2.75) is 52.0 Å². The van der Waals surface area contributed by atoms with Gasteiger partial charge in [-0.2, -0.15) is 0 Å². The molecule has 1 atom stereocenters. The van der Waals surface area contributed by atoms with Gasteiger partial charge in [-0.15, -0.1) is 11.8 Å². The van der Waals surface area contributed by atoms with Gasteiger partial charge >= 0.3 is 0 Å². The molecule has 0 aliphatic carbocycles. The number of halogens is 1. The van der Waals surface area contributed by atoms with Gasteiger partial charge in [0, 0.05) is 16.0 Å². The fourth-order valence-electron chi connectivity index (χ4n) is 2.31. The van der Waals surface area contributed by atoms with Gasteiger partial charge in [0.05, 0.1) is 0 Å². The van der Waals surface area contributed by atoms with E-state index in [1.54, 1.807) is 0 Å². The van der Waals surface area contributed by atoms with Gasteiger partial charge in [0.25, 0.3) is 0 Å². The number of aryl methyl sites for hydroxylation is 2. The van der Waals surface area contributed by atoms with Crippen molar-refractivity contribution in [3.8, 4) is 0 Å². The van der Waals surface area contributed by atoms with Crippen molar-refractivity contribution in [2.75, 3.05) is 0 Å². The maximum absolute atomic E-state index is 6.05. The third-order valence-electron chi connectivity index (χ3n) is 3.52. The predicted octanol–water partition coefficient (Wildman–Crippen LogP) is 7.37. The molecule has 0 nitrogen and oxygen atoms in total. The van der Waals surface area contributed by atoms with Crippen LogP contribution in [0.25, 0.3) is 0 Å². The number of benzene rings is 2. The molecule has 0 aromatic heterocycles. The Hall–Kier alpha value is -0.920. The molecule has 0 aliphatic heterocycles. The van der Waals surface area contributed by atoms with Crippen LogP contribution in [0.15, 0.2) is 42.5 Å². The number of thioether (sulfide) groups is 1. The van der Waals surface area contributed by atoms with Crippen molar-refractivity contribution in [1.82, 2.24) is 0 Å². The van der Waals surface area contributed by atoms with Crippen LogP contribution in [0, 0.1) is 13.8 Å². The average Bonchev–Trinajstić information content (AvgIpc) is 2.53. The SMILES string of the molecule is CC.CCC(SCc1ccc(C)cc1)c1ccc(Cl)cc1C. The first-order valence-electron chi connectivity index (χ1n) is 8.03. The molecule has 1 unspecified atom stereocenters. The summed E-state index contributed by atoms with van der Waals surface area (Å²) < 4.78 is 0. The first-order valence-corrected chi connectivity index (χ1v) is 9.46. The van der Waals surface area contributed by atoms with Gasteiger partial charge in [-0.05, 0) is 49.1 Å². The predicted molar refractivity (Wildman–Crippen MR) is 103 cm³/mol. The largest absolute Gasteiger partial charge is 0.149 e. The average molecular weight is 335 g/mol. The van der Waals surface area contributed by atoms with Crippen LogP contribution in [0.1, 0.15) is 54.7 Å². The van der Waals surface area contributed by atoms with Gasteiger partial charge in [0.15, 0.2) is 0 Å². The third kappa shape index (κ3) is 5.70. The molecule has 0 heterocycles. The Morgan fingerprint density at radius 2 is 1.64 bits per heavy atom. The van der Waals surface area contributed by atoms with Crippen molar-refractivity contribution in [3.63, 3.8) is 0 Å². The standard InChI is InChI=1S/C18H21ClS.C2H6/c1-4-18(17-10-9-16(19)11-14(17)3)20-12-15-7-5-13(2)6-8-15;1-2/h5-11,18H,4,12H2,1-3H3;1-2H3. The van der Waals surface area contributed by atoms with Crippen molar-refractivity contribution in [3.05, 3.63) is 69.7 Å². The van der Waals surface area contributed by atoms with Crippen LogP contribution in [0.4, 0.5) is 0 Å². The minimum Gasteiger partial charge on any atom is -0.149 e. The summed E-state index contributed by atoms with van der Waals surface area (Å²) in [7, 11) is 0. The van der Waals surface area contributed by atoms with Crippen LogP contribution in [-0.4, -0.2) is 0 Å². The van der Waals surface area contributed by atoms with Crippen LogP contribution >= 0.6 is 23.4 Å². The summed E-state index contributed by atoms with van der Waals surface area (Å²) in [6.45, 7) is 10.5. The lowest BCUT2D eigenvalue weighted by Gasteiger charge is -2.18. The molecule has 0 saturated carbocycles. The summed E-state index contributed by atoms with van der Waals surface area (Å²) in [6.07, 6.45) is 1.14. The molecule has 2 heteroatoms. The van der Waals surface area contributed by atoms with Gasteiger partial charge in [0.2, 0.25) is 0 Å². The summed E-state index contributed by atoms with van der Waals surface area (Å²) in [6, 6.07) is 15.1. The number of hydrogen-bond donors (Lipinski definition) is 0. The van der Waals surface area contributed by atoms with Gasteiger partial charge in [-0.3, -0.25) is 0 Å². The maximum Gasteiger partial charge on any atom is 0.0408 e. The quantitative estimate of drug-likeness (QED) is 0.550. The lowest BCUT2D eigenvalue weighted by Crippen LogP contribution is -1.97. The van der Waals surface area contributed by atoms with Crippen LogP contribution in [0.5, 0.6) is 0 Å². The number of rotatable bonds is 5. The number of hydrogen-bond acceptors (Lipinski definition) is 1. The second kappa shape index (κ2) is 9.97. The zero-order valence-electron chi connectivity index (χ0n) is 14.3. The fraction of sp³-hybridized carbons (Fsp3) is 0.400. The van der Waals surface area contributed by atoms with Crippen molar-refractivity contribution >= 4 is 23.4 Å². The molecule has 0 aliphatic rings. The summed E-state index contributed by atoms with van der Waals surface area (Å²) in [5.74, 6) is 1.06. The highest BCUT2D eigenvalue weighted by Crippen LogP contribution is 2.36. The maximum atomic E-state index is 6.05. The molecule has 0 bridgehead atoms. The second-order valence-corrected chi connectivity index (χ2v) is 6.82. The monoisotopic (exact) mass is 334 g/mol. The Balaban J connectivity index is 0.00000116. The minimum absolute atomic E-state index is 0.536. The molecule has 0 radical (unpaired) electrons. The Kier molecular flexibility index (Phi) is 8.67. The van der Waals surface area contributed by atoms with Crippen LogP contribution in [0.3, 0.4) is 0 Å². The molecule has 22 heavy (non-hydrogen) atoms. The van der Waals surface area contributed by atoms with Crippen LogP contribution in [-0.2, 0) is 5.75 Å². The third-order valence-corrected chi connectivity index (χ3v) is 5.25. The van der Waals surface area contributed by atoms with Crippen molar-refractivity contribution in [2.24, 2.45) is 0 Å². The molecule has 0 fully saturated rings. The summed E-state index contributed by atoms with van der Waals surface area (Å²) >= 11 is 8.06. The Morgan fingerprint density at radius 1 is 1.00 bits per heavy atom. The Morgan fingerprint density at radius 3 is 2.18 bits per heavy atom. The lowest BCUT2D eigenvalue weighted by atomic mass is 10.0. The molecule has 120 valence electrons. The molecule has 0 saturated heterocycles. The van der Waals surface area contributed by atoms with E-state index in [4.69, 9.17) is 11.6 Å². The molecule has 2 rings (SSSR count). The van der Waals surface area contributed by atoms with Crippen molar-refractivity contribution in [1.29, 1.82) is 0 Å². The van der Waals surface area contributed by atoms with Crippen molar-refractivity contribution < 1.29 is 0 Å². The first kappa shape index (κ1) is 19.1. The van der Waals surface area contributed by atoms with Gasteiger partial charge in [-0.25, -0.2) is 0 Å². The van der Waals surface area contributed by atoms with Gasteiger partial charge in [-0.1, -0.05) is 68.3 Å². The van der Waals surface area contributed by atoms with E-state index in [0.717, 1.165) is 17.2 Å². The van der Waals surface area contributed by atoms with Crippen LogP contribution < -0.4 is 0 Å². The van der Waals surface area contributed by atoms with E-state index in [0.29, 0.717) is 5.25 Å². The Bertz CT molecular complexity index is 560. The van der Waals surface area contributed by atoms with Gasteiger partial charge < -0.3 is 0 Å². The summed E-state index contributed by atoms with van der Waals surface area (Å²) in [4.78, 5) is 0. The highest BCUT2D eigenvalue weighted by atomic mass is 35.5. The highest BCUT2D eigenvalue weighted by molar-refractivity contribution is 7.98. The zero-order chi connectivity index (χ0) is 16.5. The topological polar surface area (TPSA) is 0 Å². The lowest BCUT2D eigenvalue weighted by molar-refractivity contribution is 0.886. The second-order valence-electron chi connectivity index (χ2n) is 5.19. The van der Waals surface area contributed by atoms with E-state index in [-0.39, 0.29) is 0 Å². The van der Waals surface area contributed by atoms with E-state index < -0.39 is 0 Å². The summed E-state index contributed by atoms with van der Waals surface area (Å²) in [5.41, 5.74) is 5.42. The zero-order valence-corrected chi connectivity index (χ0v) is 15.9. The van der Waals surface area contributed by atoms with E-state index in [2.05, 4.69) is 57.2 Å². The van der Waals surface area contributed by atoms with Crippen LogP contribution in [0.2, 0.25) is 5.02 Å². The molecular formula is C20H27ClS. The van der Waals surface area contributed by atoms with E-state index >= 15 is 0 Å². The molecule has 2 aromatic rings. The fourth-order valence-corrected chi connectivity index (χ4v) is 3.80. The molecule has 0 spiro atoms. The highest BCUT2D eigenvalue weighted by Gasteiger charge is 2.12. The molecule has 0 amide bonds. The van der Waals surface area contributed by atoms with E-state index in [9.17, 15) is 0 Å². The molecular weight excluding hydrogens is 308 g/mol. The Labute approximate surface area is 145 Å². The first-order chi connectivity index (χ1) is 10.6.